The standard InChI is InChI=1S/2C8H6.U/c2*1-2-4-6-8-7-5-3-1;/h2*1-3,6-8H;/q2*-2;+4/b2*2-1-,3-1?,8-6?,8-7-;. The van der Waals surface area contributed by atoms with Crippen LogP contribution in [0.25, 0.3) is 0 Å². The number of allylic oxidation sites excluding steroid dienone is 16. The Morgan fingerprint density at radius 2 is 0.647 bits per heavy atom. The molecule has 0 bridgehead atoms. The third-order valence-electron chi connectivity index (χ3n) is 1.54. The molecule has 0 atom stereocenters. The quantitative estimate of drug-likeness (QED) is 0.503. The van der Waals surface area contributed by atoms with Crippen LogP contribution in [0.3, 0.4) is 0 Å². The van der Waals surface area contributed by atoms with Crippen molar-refractivity contribution in [1.29, 1.82) is 0 Å². The summed E-state index contributed by atoms with van der Waals surface area (Å²) in [6.45, 7) is 0. The predicted octanol–water partition coefficient (Wildman–Crippen LogP) is 3.66. The molecule has 0 aromatic carbocycles. The third-order valence-corrected chi connectivity index (χ3v) is 1.54. The van der Waals surface area contributed by atoms with E-state index in [9.17, 15) is 0 Å². The zero-order valence-electron chi connectivity index (χ0n) is 9.43. The van der Waals surface area contributed by atoms with Crippen LogP contribution in [0.2, 0.25) is 0 Å². The Kier molecular flexibility index (Phi) is 12.3. The van der Waals surface area contributed by atoms with Gasteiger partial charge in [-0.2, -0.15) is 97.2 Å². The van der Waals surface area contributed by atoms with Crippen molar-refractivity contribution in [2.75, 3.05) is 0 Å². The molecular formula is C16H12U. The fourth-order valence-corrected chi connectivity index (χ4v) is 0.859. The van der Waals surface area contributed by atoms with Gasteiger partial charge in [-0.1, -0.05) is 0 Å². The van der Waals surface area contributed by atoms with Crippen molar-refractivity contribution in [3.05, 3.63) is 97.2 Å². The molecule has 2 rings (SSSR count). The number of hydrogen-bond donors (Lipinski definition) is 0. The maximum absolute atomic E-state index is 2.92. The van der Waals surface area contributed by atoms with E-state index < -0.39 is 0 Å². The SMILES string of the molecule is [C-]1=C\C=C/[C-]=C\C=C/1.[C-]1=C\C=C/[C-]=C\C=C/1.[U+4]. The molecule has 0 aliphatic heterocycles. The maximum Gasteiger partial charge on any atom is 4.00 e. The van der Waals surface area contributed by atoms with Crippen molar-refractivity contribution in [3.8, 4) is 0 Å². The third kappa shape index (κ3) is 11.2. The van der Waals surface area contributed by atoms with Gasteiger partial charge in [0, 0.05) is 0 Å². The summed E-state index contributed by atoms with van der Waals surface area (Å²) in [5.74, 6) is 0. The summed E-state index contributed by atoms with van der Waals surface area (Å²) in [5.41, 5.74) is 0. The van der Waals surface area contributed by atoms with E-state index in [0.29, 0.717) is 0 Å². The predicted molar refractivity (Wildman–Crippen MR) is 67.8 cm³/mol. The van der Waals surface area contributed by atoms with Crippen molar-refractivity contribution in [2.24, 2.45) is 0 Å². The fourth-order valence-electron chi connectivity index (χ4n) is 0.859. The minimum absolute atomic E-state index is 0. The monoisotopic (exact) mass is 442 g/mol. The second kappa shape index (κ2) is 13.0. The maximum atomic E-state index is 2.92. The minimum Gasteiger partial charge on any atom is -0.184 e. The molecule has 0 radical (unpaired) electrons. The molecule has 0 aromatic rings. The molecule has 0 saturated heterocycles. The smallest absolute Gasteiger partial charge is 0.184 e. The van der Waals surface area contributed by atoms with E-state index >= 15 is 0 Å². The Morgan fingerprint density at radius 1 is 0.412 bits per heavy atom. The Balaban J connectivity index is 0.000000284. The number of hydrogen-bond acceptors (Lipinski definition) is 0. The van der Waals surface area contributed by atoms with Crippen molar-refractivity contribution < 1.29 is 31.1 Å². The number of rotatable bonds is 0. The second-order valence-corrected chi connectivity index (χ2v) is 2.77. The molecule has 0 nitrogen and oxygen atoms in total. The summed E-state index contributed by atoms with van der Waals surface area (Å²) in [4.78, 5) is 0. The van der Waals surface area contributed by atoms with E-state index in [-0.39, 0.29) is 31.1 Å². The van der Waals surface area contributed by atoms with Gasteiger partial charge in [0.1, 0.15) is 0 Å². The summed E-state index contributed by atoms with van der Waals surface area (Å²) in [6, 6.07) is 0. The van der Waals surface area contributed by atoms with Gasteiger partial charge >= 0.3 is 31.1 Å². The van der Waals surface area contributed by atoms with Crippen LogP contribution in [-0.4, -0.2) is 0 Å². The van der Waals surface area contributed by atoms with Crippen molar-refractivity contribution in [1.82, 2.24) is 0 Å². The molecule has 0 amide bonds. The van der Waals surface area contributed by atoms with Gasteiger partial charge in [-0.25, -0.2) is 0 Å². The first-order chi connectivity index (χ1) is 8.00. The largest absolute Gasteiger partial charge is 4.00 e. The minimum atomic E-state index is 0. The summed E-state index contributed by atoms with van der Waals surface area (Å²) >= 11 is 0. The van der Waals surface area contributed by atoms with Gasteiger partial charge < -0.3 is 0 Å². The molecule has 0 spiro atoms. The summed E-state index contributed by atoms with van der Waals surface area (Å²) < 4.78 is 0. The van der Waals surface area contributed by atoms with Crippen LogP contribution in [0.5, 0.6) is 0 Å². The van der Waals surface area contributed by atoms with Crippen LogP contribution < -0.4 is 0 Å². The van der Waals surface area contributed by atoms with E-state index in [1.807, 2.05) is 72.9 Å². The van der Waals surface area contributed by atoms with Gasteiger partial charge in [0.25, 0.3) is 0 Å². The van der Waals surface area contributed by atoms with Gasteiger partial charge in [-0.05, 0) is 0 Å². The van der Waals surface area contributed by atoms with E-state index in [2.05, 4.69) is 24.3 Å². The zero-order chi connectivity index (χ0) is 11.3. The Morgan fingerprint density at radius 3 is 0.882 bits per heavy atom. The molecule has 2 aliphatic rings. The average Bonchev–Trinajstić information content (AvgIpc) is 2.15. The molecule has 0 saturated carbocycles. The zero-order valence-corrected chi connectivity index (χ0v) is 13.6. The molecule has 17 heavy (non-hydrogen) atoms. The van der Waals surface area contributed by atoms with Crippen LogP contribution in [-0.2, 0) is 0 Å². The van der Waals surface area contributed by atoms with E-state index in [4.69, 9.17) is 0 Å². The van der Waals surface area contributed by atoms with Crippen molar-refractivity contribution in [2.45, 2.75) is 0 Å². The molecule has 0 heterocycles. The molecule has 80 valence electrons. The molecule has 0 fully saturated rings. The molecule has 2 aliphatic carbocycles. The molecule has 0 aromatic heterocycles. The van der Waals surface area contributed by atoms with Crippen molar-refractivity contribution in [3.63, 3.8) is 0 Å². The molecule has 0 unspecified atom stereocenters. The van der Waals surface area contributed by atoms with E-state index in [1.165, 1.54) is 0 Å². The van der Waals surface area contributed by atoms with E-state index in [1.54, 1.807) is 0 Å². The van der Waals surface area contributed by atoms with Crippen LogP contribution >= 0.6 is 0 Å². The van der Waals surface area contributed by atoms with Gasteiger partial charge in [-0.3, -0.25) is 0 Å². The van der Waals surface area contributed by atoms with Crippen LogP contribution in [0.4, 0.5) is 0 Å². The molecular weight excluding hydrogens is 430 g/mol. The summed E-state index contributed by atoms with van der Waals surface area (Å²) in [6.07, 6.45) is 34.0. The Bertz CT molecular complexity index is 247. The van der Waals surface area contributed by atoms with Gasteiger partial charge in [-0.15, -0.1) is 0 Å². The fraction of sp³-hybridized carbons (Fsp3) is 0. The van der Waals surface area contributed by atoms with Crippen LogP contribution in [0, 0.1) is 55.4 Å². The summed E-state index contributed by atoms with van der Waals surface area (Å²) in [7, 11) is 0. The van der Waals surface area contributed by atoms with Gasteiger partial charge in [0.05, 0.1) is 0 Å². The van der Waals surface area contributed by atoms with Gasteiger partial charge in [0.2, 0.25) is 0 Å². The second-order valence-electron chi connectivity index (χ2n) is 2.77. The normalized spacial score (nSPS) is 30.1. The first kappa shape index (κ1) is 16.0. The van der Waals surface area contributed by atoms with Crippen LogP contribution in [0.1, 0.15) is 0 Å². The van der Waals surface area contributed by atoms with Gasteiger partial charge in [0.15, 0.2) is 0 Å². The first-order valence-corrected chi connectivity index (χ1v) is 4.98. The topological polar surface area (TPSA) is 0 Å². The van der Waals surface area contributed by atoms with Crippen molar-refractivity contribution >= 4 is 0 Å². The summed E-state index contributed by atoms with van der Waals surface area (Å²) in [5, 5.41) is 0. The molecule has 1 heteroatoms. The Labute approximate surface area is 128 Å². The molecule has 0 N–H and O–H groups in total. The van der Waals surface area contributed by atoms with Crippen LogP contribution in [0.15, 0.2) is 72.9 Å². The average molecular weight is 442 g/mol. The van der Waals surface area contributed by atoms with E-state index in [0.717, 1.165) is 0 Å². The first-order valence-electron chi connectivity index (χ1n) is 4.98. The Hall–Kier alpha value is -1.03.